The molecule has 4 nitrogen and oxygen atoms in total. The average molecular weight is 281 g/mol. The minimum Gasteiger partial charge on any atom is -0.435 e. The van der Waals surface area contributed by atoms with Crippen LogP contribution < -0.4 is 10.1 Å². The van der Waals surface area contributed by atoms with Gasteiger partial charge in [-0.25, -0.2) is 0 Å². The number of aliphatic imine (C=N–C) groups is 1. The zero-order chi connectivity index (χ0) is 14.1. The summed E-state index contributed by atoms with van der Waals surface area (Å²) in [5, 5.41) is 3.35. The van der Waals surface area contributed by atoms with E-state index in [9.17, 15) is 8.78 Å². The zero-order valence-corrected chi connectivity index (χ0v) is 11.2. The van der Waals surface area contributed by atoms with E-state index in [0.717, 1.165) is 31.0 Å². The van der Waals surface area contributed by atoms with Crippen LogP contribution in [0.2, 0.25) is 0 Å². The molecule has 2 atom stereocenters. The molecule has 6 heteroatoms. The molecule has 0 saturated carbocycles. The maximum atomic E-state index is 12.1. The second-order valence-corrected chi connectivity index (χ2v) is 5.16. The lowest BCUT2D eigenvalue weighted by atomic mass is 10.0. The van der Waals surface area contributed by atoms with E-state index in [2.05, 4.69) is 26.9 Å². The van der Waals surface area contributed by atoms with Crippen molar-refractivity contribution in [2.24, 2.45) is 4.99 Å². The van der Waals surface area contributed by atoms with Crippen molar-refractivity contribution in [2.45, 2.75) is 32.0 Å². The summed E-state index contributed by atoms with van der Waals surface area (Å²) in [5.41, 5.74) is 1.11. The summed E-state index contributed by atoms with van der Waals surface area (Å²) >= 11 is 0. The van der Waals surface area contributed by atoms with Gasteiger partial charge in [-0.05, 0) is 31.0 Å². The Labute approximate surface area is 116 Å². The normalized spacial score (nSPS) is 25.2. The van der Waals surface area contributed by atoms with Crippen molar-refractivity contribution in [1.82, 2.24) is 10.2 Å². The van der Waals surface area contributed by atoms with Crippen molar-refractivity contribution in [3.8, 4) is 5.75 Å². The van der Waals surface area contributed by atoms with Gasteiger partial charge >= 0.3 is 6.61 Å². The van der Waals surface area contributed by atoms with Gasteiger partial charge in [-0.1, -0.05) is 12.1 Å². The molecular weight excluding hydrogens is 264 g/mol. The molecule has 108 valence electrons. The molecule has 1 saturated heterocycles. The van der Waals surface area contributed by atoms with Gasteiger partial charge in [-0.15, -0.1) is 0 Å². The smallest absolute Gasteiger partial charge is 0.387 e. The highest BCUT2D eigenvalue weighted by atomic mass is 19.3. The fourth-order valence-electron chi connectivity index (χ4n) is 2.81. The molecule has 2 aliphatic heterocycles. The molecule has 0 radical (unpaired) electrons. The van der Waals surface area contributed by atoms with Crippen LogP contribution in [0, 0.1) is 0 Å². The molecule has 0 aromatic heterocycles. The molecule has 0 amide bonds. The summed E-state index contributed by atoms with van der Waals surface area (Å²) in [6.45, 7) is 1.04. The predicted molar refractivity (Wildman–Crippen MR) is 72.0 cm³/mol. The topological polar surface area (TPSA) is 36.9 Å². The molecule has 0 spiro atoms. The number of hydrogen-bond donors (Lipinski definition) is 1. The van der Waals surface area contributed by atoms with Gasteiger partial charge in [0.2, 0.25) is 0 Å². The number of halogens is 2. The Morgan fingerprint density at radius 3 is 2.80 bits per heavy atom. The molecule has 2 heterocycles. The lowest BCUT2D eigenvalue weighted by Crippen LogP contribution is -2.37. The van der Waals surface area contributed by atoms with Gasteiger partial charge in [-0.3, -0.25) is 4.99 Å². The van der Waals surface area contributed by atoms with Crippen molar-refractivity contribution in [3.05, 3.63) is 29.8 Å². The van der Waals surface area contributed by atoms with Crippen LogP contribution in [0.4, 0.5) is 8.78 Å². The first-order valence-corrected chi connectivity index (χ1v) is 6.76. The fourth-order valence-corrected chi connectivity index (χ4v) is 2.81. The minimum absolute atomic E-state index is 0.196. The Bertz CT molecular complexity index is 504. The third-order valence-corrected chi connectivity index (χ3v) is 3.65. The number of guanidine groups is 1. The Morgan fingerprint density at radius 1 is 1.35 bits per heavy atom. The molecule has 3 rings (SSSR count). The van der Waals surface area contributed by atoms with Gasteiger partial charge in [0.1, 0.15) is 5.75 Å². The highest BCUT2D eigenvalue weighted by molar-refractivity contribution is 5.83. The Kier molecular flexibility index (Phi) is 3.46. The van der Waals surface area contributed by atoms with Crippen LogP contribution in [-0.4, -0.2) is 36.6 Å². The average Bonchev–Trinajstić information content (AvgIpc) is 2.79. The predicted octanol–water partition coefficient (Wildman–Crippen LogP) is 2.38. The van der Waals surface area contributed by atoms with E-state index in [-0.39, 0.29) is 11.8 Å². The number of fused-ring (bicyclic) bond motifs is 1. The molecule has 0 bridgehead atoms. The molecule has 1 fully saturated rings. The van der Waals surface area contributed by atoms with Gasteiger partial charge in [0.05, 0.1) is 6.04 Å². The van der Waals surface area contributed by atoms with Crippen LogP contribution in [-0.2, 0) is 0 Å². The van der Waals surface area contributed by atoms with Crippen LogP contribution in [0.3, 0.4) is 0 Å². The lowest BCUT2D eigenvalue weighted by molar-refractivity contribution is -0.0498. The standard InChI is InChI=1S/C14H17F2N3O/c1-9-8-19-12(6-7-17-14(19)18-9)10-2-4-11(5-3-10)20-13(15)16/h2-5,9,12-13H,6-8H2,1H3,(H,17,18). The van der Waals surface area contributed by atoms with E-state index in [1.165, 1.54) is 0 Å². The van der Waals surface area contributed by atoms with Gasteiger partial charge in [0, 0.05) is 19.1 Å². The number of nitrogens with one attached hydrogen (secondary N) is 1. The van der Waals surface area contributed by atoms with E-state index in [4.69, 9.17) is 0 Å². The number of nitrogens with zero attached hydrogens (tertiary/aromatic N) is 2. The number of benzene rings is 1. The highest BCUT2D eigenvalue weighted by Crippen LogP contribution is 2.31. The Balaban J connectivity index is 1.77. The Hall–Kier alpha value is -1.85. The minimum atomic E-state index is -2.78. The van der Waals surface area contributed by atoms with Gasteiger partial charge in [0.15, 0.2) is 5.96 Å². The molecule has 0 aliphatic carbocycles. The lowest BCUT2D eigenvalue weighted by Gasteiger charge is -2.32. The second kappa shape index (κ2) is 5.26. The van der Waals surface area contributed by atoms with Crippen LogP contribution in [0.5, 0.6) is 5.75 Å². The summed E-state index contributed by atoms with van der Waals surface area (Å²) < 4.78 is 28.7. The molecule has 20 heavy (non-hydrogen) atoms. The molecule has 1 aromatic carbocycles. The van der Waals surface area contributed by atoms with Gasteiger partial charge in [-0.2, -0.15) is 8.78 Å². The summed E-state index contributed by atoms with van der Waals surface area (Å²) in [6, 6.07) is 7.54. The maximum absolute atomic E-state index is 12.1. The summed E-state index contributed by atoms with van der Waals surface area (Å²) in [6.07, 6.45) is 0.937. The quantitative estimate of drug-likeness (QED) is 0.924. The first-order chi connectivity index (χ1) is 9.63. The van der Waals surface area contributed by atoms with Crippen molar-refractivity contribution < 1.29 is 13.5 Å². The van der Waals surface area contributed by atoms with Gasteiger partial charge < -0.3 is 15.0 Å². The Morgan fingerprint density at radius 2 is 2.10 bits per heavy atom. The van der Waals surface area contributed by atoms with Crippen LogP contribution in [0.25, 0.3) is 0 Å². The van der Waals surface area contributed by atoms with Crippen molar-refractivity contribution in [1.29, 1.82) is 0 Å². The zero-order valence-electron chi connectivity index (χ0n) is 11.2. The van der Waals surface area contributed by atoms with Crippen molar-refractivity contribution in [3.63, 3.8) is 0 Å². The van der Waals surface area contributed by atoms with Crippen LogP contribution >= 0.6 is 0 Å². The van der Waals surface area contributed by atoms with E-state index in [0.29, 0.717) is 6.04 Å². The first kappa shape index (κ1) is 13.1. The third-order valence-electron chi connectivity index (χ3n) is 3.65. The summed E-state index contributed by atoms with van der Waals surface area (Å²) in [4.78, 5) is 6.73. The maximum Gasteiger partial charge on any atom is 0.387 e. The highest BCUT2D eigenvalue weighted by Gasteiger charge is 2.33. The number of ether oxygens (including phenoxy) is 1. The molecule has 2 aliphatic rings. The number of rotatable bonds is 3. The van der Waals surface area contributed by atoms with Crippen molar-refractivity contribution >= 4 is 5.96 Å². The number of hydrogen-bond acceptors (Lipinski definition) is 4. The molecular formula is C14H17F2N3O. The van der Waals surface area contributed by atoms with E-state index in [1.807, 2.05) is 12.1 Å². The second-order valence-electron chi connectivity index (χ2n) is 5.16. The molecule has 1 N–H and O–H groups in total. The van der Waals surface area contributed by atoms with Crippen molar-refractivity contribution in [2.75, 3.05) is 13.1 Å². The third kappa shape index (κ3) is 2.55. The fraction of sp³-hybridized carbons (Fsp3) is 0.500. The largest absolute Gasteiger partial charge is 0.435 e. The first-order valence-electron chi connectivity index (χ1n) is 6.76. The van der Waals surface area contributed by atoms with Gasteiger partial charge in [0.25, 0.3) is 0 Å². The van der Waals surface area contributed by atoms with E-state index < -0.39 is 6.61 Å². The van der Waals surface area contributed by atoms with E-state index >= 15 is 0 Å². The SMILES string of the molecule is CC1CN2C(=NCCC2c2ccc(OC(F)F)cc2)N1. The summed E-state index contributed by atoms with van der Waals surface area (Å²) in [7, 11) is 0. The molecule has 2 unspecified atom stereocenters. The van der Waals surface area contributed by atoms with Crippen LogP contribution in [0.15, 0.2) is 29.3 Å². The monoisotopic (exact) mass is 281 g/mol. The van der Waals surface area contributed by atoms with E-state index in [1.54, 1.807) is 12.1 Å². The summed E-state index contributed by atoms with van der Waals surface area (Å²) in [5.74, 6) is 1.14. The number of alkyl halides is 2. The van der Waals surface area contributed by atoms with Crippen LogP contribution in [0.1, 0.15) is 24.9 Å². The molecule has 1 aromatic rings.